The van der Waals surface area contributed by atoms with E-state index in [1.54, 1.807) is 24.3 Å². The molecule has 0 bridgehead atoms. The summed E-state index contributed by atoms with van der Waals surface area (Å²) in [5.74, 6) is 0.277. The zero-order valence-electron chi connectivity index (χ0n) is 14.7. The molecule has 0 radical (unpaired) electrons. The Balaban J connectivity index is 1.70. The van der Waals surface area contributed by atoms with Crippen LogP contribution < -0.4 is 5.56 Å². The number of phosphoric ester groups is 1. The number of H-pyrrole nitrogens is 1. The predicted octanol–water partition coefficient (Wildman–Crippen LogP) is -0.485. The first-order valence-corrected chi connectivity index (χ1v) is 10.0. The molecule has 2 aromatic heterocycles. The molecule has 4 atom stereocenters. The summed E-state index contributed by atoms with van der Waals surface area (Å²) in [6, 6.07) is 8.88. The van der Waals surface area contributed by atoms with Crippen molar-refractivity contribution in [3.05, 3.63) is 47.0 Å². The van der Waals surface area contributed by atoms with Crippen LogP contribution in [0.2, 0.25) is 0 Å². The third kappa shape index (κ3) is 3.87. The zero-order valence-corrected chi connectivity index (χ0v) is 15.6. The lowest BCUT2D eigenvalue weighted by molar-refractivity contribution is -0.0503. The Kier molecular flexibility index (Phi) is 5.09. The smallest absolute Gasteiger partial charge is 0.387 e. The monoisotopic (exact) mass is 424 g/mol. The Bertz CT molecular complexity index is 1130. The number of fused-ring (bicyclic) bond motifs is 1. The fourth-order valence-corrected chi connectivity index (χ4v) is 3.45. The molecule has 5 N–H and O–H groups in total. The van der Waals surface area contributed by atoms with Gasteiger partial charge in [-0.3, -0.25) is 13.9 Å². The average Bonchev–Trinajstić information content (AvgIpc) is 3.22. The predicted molar refractivity (Wildman–Crippen MR) is 97.5 cm³/mol. The molecule has 1 aliphatic heterocycles. The molecule has 0 unspecified atom stereocenters. The maximum Gasteiger partial charge on any atom is 0.469 e. The summed E-state index contributed by atoms with van der Waals surface area (Å²) in [6.45, 7) is -0.644. The SMILES string of the molecule is O=c1[nH]c(-c2ccccc2)nc2c1ncn2[C@@H]1O[C@H](COP(=O)(O)O)[C@@H](O)[C@H]1O. The van der Waals surface area contributed by atoms with Crippen molar-refractivity contribution >= 4 is 19.0 Å². The summed E-state index contributed by atoms with van der Waals surface area (Å²) in [4.78, 5) is 41.1. The minimum Gasteiger partial charge on any atom is -0.387 e. The molecule has 154 valence electrons. The second-order valence-electron chi connectivity index (χ2n) is 6.44. The number of nitrogens with one attached hydrogen (secondary N) is 1. The van der Waals surface area contributed by atoms with E-state index in [4.69, 9.17) is 14.5 Å². The summed E-state index contributed by atoms with van der Waals surface area (Å²) in [5.41, 5.74) is 0.271. The number of imidazole rings is 1. The lowest BCUT2D eigenvalue weighted by atomic mass is 10.1. The van der Waals surface area contributed by atoms with Crippen molar-refractivity contribution < 1.29 is 33.8 Å². The molecular formula is C16H17N4O8P. The number of aliphatic hydroxyl groups excluding tert-OH is 2. The van der Waals surface area contributed by atoms with Gasteiger partial charge in [0.05, 0.1) is 12.9 Å². The Hall–Kier alpha value is -2.44. The molecule has 0 spiro atoms. The summed E-state index contributed by atoms with van der Waals surface area (Å²) >= 11 is 0. The average molecular weight is 424 g/mol. The highest BCUT2D eigenvalue weighted by atomic mass is 31.2. The molecular weight excluding hydrogens is 407 g/mol. The van der Waals surface area contributed by atoms with Crippen molar-refractivity contribution in [2.24, 2.45) is 0 Å². The molecule has 0 aliphatic carbocycles. The van der Waals surface area contributed by atoms with E-state index in [1.165, 1.54) is 10.9 Å². The fourth-order valence-electron chi connectivity index (χ4n) is 3.11. The Morgan fingerprint density at radius 2 is 1.93 bits per heavy atom. The highest BCUT2D eigenvalue weighted by Crippen LogP contribution is 2.38. The molecule has 1 saturated heterocycles. The van der Waals surface area contributed by atoms with E-state index in [0.717, 1.165) is 0 Å². The van der Waals surface area contributed by atoms with Gasteiger partial charge in [-0.2, -0.15) is 0 Å². The molecule has 13 heteroatoms. The maximum absolute atomic E-state index is 12.4. The molecule has 3 heterocycles. The highest BCUT2D eigenvalue weighted by Gasteiger charge is 2.45. The fraction of sp³-hybridized carbons (Fsp3) is 0.312. The van der Waals surface area contributed by atoms with Crippen LogP contribution in [0.5, 0.6) is 0 Å². The Morgan fingerprint density at radius 1 is 1.21 bits per heavy atom. The van der Waals surface area contributed by atoms with Crippen LogP contribution >= 0.6 is 7.82 Å². The van der Waals surface area contributed by atoms with Gasteiger partial charge >= 0.3 is 7.82 Å². The largest absolute Gasteiger partial charge is 0.469 e. The van der Waals surface area contributed by atoms with Crippen LogP contribution in [-0.2, 0) is 13.8 Å². The van der Waals surface area contributed by atoms with Crippen LogP contribution in [0.25, 0.3) is 22.6 Å². The Labute approximate surface area is 162 Å². The van der Waals surface area contributed by atoms with Crippen molar-refractivity contribution in [2.75, 3.05) is 6.61 Å². The first-order valence-electron chi connectivity index (χ1n) is 8.48. The maximum atomic E-state index is 12.4. The molecule has 29 heavy (non-hydrogen) atoms. The van der Waals surface area contributed by atoms with Crippen LogP contribution in [0.4, 0.5) is 0 Å². The lowest BCUT2D eigenvalue weighted by Crippen LogP contribution is -2.33. The van der Waals surface area contributed by atoms with Gasteiger partial charge in [0.25, 0.3) is 5.56 Å². The minimum atomic E-state index is -4.78. The first kappa shape index (κ1) is 19.9. The quantitative estimate of drug-likeness (QED) is 0.336. The molecule has 1 aromatic carbocycles. The van der Waals surface area contributed by atoms with Gasteiger partial charge in [0.2, 0.25) is 0 Å². The molecule has 3 aromatic rings. The molecule has 0 amide bonds. The summed E-state index contributed by atoms with van der Waals surface area (Å²) < 4.78 is 22.0. The number of hydrogen-bond donors (Lipinski definition) is 5. The second-order valence-corrected chi connectivity index (χ2v) is 7.68. The number of nitrogens with zero attached hydrogens (tertiary/aromatic N) is 3. The number of rotatable bonds is 5. The van der Waals surface area contributed by atoms with Gasteiger partial charge < -0.3 is 29.7 Å². The van der Waals surface area contributed by atoms with Crippen LogP contribution in [-0.4, -0.2) is 64.4 Å². The van der Waals surface area contributed by atoms with Crippen molar-refractivity contribution in [3.63, 3.8) is 0 Å². The molecule has 0 saturated carbocycles. The number of aromatic nitrogens is 4. The lowest BCUT2D eigenvalue weighted by Gasteiger charge is -2.16. The molecule has 1 fully saturated rings. The van der Waals surface area contributed by atoms with Gasteiger partial charge in [-0.1, -0.05) is 30.3 Å². The van der Waals surface area contributed by atoms with Gasteiger partial charge in [0.15, 0.2) is 17.4 Å². The van der Waals surface area contributed by atoms with Crippen molar-refractivity contribution in [1.29, 1.82) is 0 Å². The van der Waals surface area contributed by atoms with E-state index in [9.17, 15) is 19.6 Å². The number of aromatic amines is 1. The summed E-state index contributed by atoms with van der Waals surface area (Å²) in [5, 5.41) is 20.5. The van der Waals surface area contributed by atoms with Crippen molar-refractivity contribution in [3.8, 4) is 11.4 Å². The second kappa shape index (κ2) is 7.43. The van der Waals surface area contributed by atoms with Gasteiger partial charge in [0.1, 0.15) is 24.1 Å². The van der Waals surface area contributed by atoms with E-state index >= 15 is 0 Å². The normalized spacial score (nSPS) is 25.0. The van der Waals surface area contributed by atoms with Crippen LogP contribution in [0.3, 0.4) is 0 Å². The summed E-state index contributed by atoms with van der Waals surface area (Å²) in [7, 11) is -4.78. The van der Waals surface area contributed by atoms with E-state index < -0.39 is 44.5 Å². The Morgan fingerprint density at radius 3 is 2.62 bits per heavy atom. The topological polar surface area (TPSA) is 180 Å². The van der Waals surface area contributed by atoms with Gasteiger partial charge in [-0.05, 0) is 0 Å². The standard InChI is InChI=1S/C16H17N4O8P/c21-11-9(6-27-29(24,25)26)28-16(12(11)22)20-7-17-10-14(20)18-13(19-15(10)23)8-4-2-1-3-5-8/h1-5,7,9,11-12,16,21-22H,6H2,(H,18,19,23)(H2,24,25,26)/t9-,11-,12-,16-/m1/s1. The van der Waals surface area contributed by atoms with E-state index in [2.05, 4.69) is 19.5 Å². The first-order chi connectivity index (χ1) is 13.7. The summed E-state index contributed by atoms with van der Waals surface area (Å²) in [6.07, 6.45) is -4.14. The van der Waals surface area contributed by atoms with E-state index in [1.807, 2.05) is 6.07 Å². The molecule has 1 aliphatic rings. The van der Waals surface area contributed by atoms with Gasteiger partial charge in [0, 0.05) is 5.56 Å². The van der Waals surface area contributed by atoms with Crippen molar-refractivity contribution in [1.82, 2.24) is 19.5 Å². The minimum absolute atomic E-state index is 0.00453. The third-order valence-corrected chi connectivity index (χ3v) is 4.98. The van der Waals surface area contributed by atoms with E-state index in [0.29, 0.717) is 5.56 Å². The van der Waals surface area contributed by atoms with E-state index in [-0.39, 0.29) is 17.0 Å². The van der Waals surface area contributed by atoms with Crippen molar-refractivity contribution in [2.45, 2.75) is 24.5 Å². The number of ether oxygens (including phenoxy) is 1. The van der Waals surface area contributed by atoms with Gasteiger partial charge in [-0.15, -0.1) is 0 Å². The van der Waals surface area contributed by atoms with Gasteiger partial charge in [-0.25, -0.2) is 14.5 Å². The number of phosphoric acid groups is 1. The highest BCUT2D eigenvalue weighted by molar-refractivity contribution is 7.46. The van der Waals surface area contributed by atoms with Crippen LogP contribution in [0.1, 0.15) is 6.23 Å². The number of benzene rings is 1. The third-order valence-electron chi connectivity index (χ3n) is 4.50. The zero-order chi connectivity index (χ0) is 20.8. The number of hydrogen-bond acceptors (Lipinski definition) is 8. The van der Waals surface area contributed by atoms with Crippen LogP contribution in [0.15, 0.2) is 41.5 Å². The molecule has 4 rings (SSSR count). The number of aliphatic hydroxyl groups is 2. The molecule has 12 nitrogen and oxygen atoms in total. The van der Waals surface area contributed by atoms with Crippen LogP contribution in [0, 0.1) is 0 Å².